The molecule has 0 radical (unpaired) electrons. The molecule has 14 heavy (non-hydrogen) atoms. The largest absolute Gasteiger partial charge is 0.247 e. The first kappa shape index (κ1) is 13.9. The van der Waals surface area contributed by atoms with Gasteiger partial charge in [-0.3, -0.25) is 0 Å². The van der Waals surface area contributed by atoms with E-state index in [0.717, 1.165) is 12.8 Å². The molecule has 0 rings (SSSR count). The summed E-state index contributed by atoms with van der Waals surface area (Å²) in [6, 6.07) is 0. The molecule has 0 N–H and O–H groups in total. The predicted molar refractivity (Wildman–Crippen MR) is 62.3 cm³/mol. The van der Waals surface area contributed by atoms with Gasteiger partial charge >= 0.3 is 0 Å². The fourth-order valence-electron chi connectivity index (χ4n) is 2.50. The maximum atomic E-state index is 13.5. The summed E-state index contributed by atoms with van der Waals surface area (Å²) in [5.41, 5.74) is 0.291. The minimum Gasteiger partial charge on any atom is -0.247 e. The molecule has 0 nitrogen and oxygen atoms in total. The summed E-state index contributed by atoms with van der Waals surface area (Å²) < 4.78 is 13.5. The van der Waals surface area contributed by atoms with Crippen molar-refractivity contribution in [2.45, 2.75) is 78.8 Å². The van der Waals surface area contributed by atoms with Crippen molar-refractivity contribution < 1.29 is 4.39 Å². The predicted octanol–water partition coefficient (Wildman–Crippen LogP) is 5.12. The Balaban J connectivity index is 4.31. The molecular formula is C13H27F. The first-order valence-electron chi connectivity index (χ1n) is 6.28. The average molecular weight is 202 g/mol. The number of halogens is 1. The molecule has 0 amide bonds. The zero-order valence-electron chi connectivity index (χ0n) is 10.4. The third-order valence-electron chi connectivity index (χ3n) is 3.41. The Morgan fingerprint density at radius 3 is 1.79 bits per heavy atom. The molecule has 0 aromatic carbocycles. The summed E-state index contributed by atoms with van der Waals surface area (Å²) in [4.78, 5) is 0. The van der Waals surface area contributed by atoms with Crippen LogP contribution >= 0.6 is 0 Å². The van der Waals surface area contributed by atoms with Crippen LogP contribution in [-0.4, -0.2) is 6.17 Å². The lowest BCUT2D eigenvalue weighted by Gasteiger charge is -2.33. The average Bonchev–Trinajstić information content (AvgIpc) is 2.18. The molecule has 0 aromatic heterocycles. The fraction of sp³-hybridized carbons (Fsp3) is 1.00. The molecule has 0 saturated heterocycles. The van der Waals surface area contributed by atoms with Crippen LogP contribution < -0.4 is 0 Å². The van der Waals surface area contributed by atoms with E-state index in [2.05, 4.69) is 20.8 Å². The first-order valence-corrected chi connectivity index (χ1v) is 6.28. The third kappa shape index (κ3) is 4.43. The molecule has 0 saturated carbocycles. The van der Waals surface area contributed by atoms with Gasteiger partial charge in [0.1, 0.15) is 6.17 Å². The van der Waals surface area contributed by atoms with Crippen molar-refractivity contribution in [3.8, 4) is 0 Å². The second kappa shape index (κ2) is 7.25. The van der Waals surface area contributed by atoms with Crippen molar-refractivity contribution in [1.29, 1.82) is 0 Å². The third-order valence-corrected chi connectivity index (χ3v) is 3.41. The van der Waals surface area contributed by atoms with E-state index >= 15 is 0 Å². The summed E-state index contributed by atoms with van der Waals surface area (Å²) in [6.07, 6.45) is 6.75. The molecule has 0 aliphatic heterocycles. The zero-order valence-corrected chi connectivity index (χ0v) is 10.4. The molecule has 1 heteroatoms. The Kier molecular flexibility index (Phi) is 7.22. The van der Waals surface area contributed by atoms with Gasteiger partial charge in [0.2, 0.25) is 0 Å². The highest BCUT2D eigenvalue weighted by atomic mass is 19.1. The SMILES string of the molecule is CCCC(CC)(CCC)CC(F)CC. The maximum Gasteiger partial charge on any atom is 0.100 e. The van der Waals surface area contributed by atoms with E-state index in [1.165, 1.54) is 25.7 Å². The molecule has 0 bridgehead atoms. The quantitative estimate of drug-likeness (QED) is 0.512. The molecule has 0 heterocycles. The molecule has 86 valence electrons. The van der Waals surface area contributed by atoms with E-state index in [-0.39, 0.29) is 0 Å². The van der Waals surface area contributed by atoms with E-state index in [9.17, 15) is 4.39 Å². The van der Waals surface area contributed by atoms with Gasteiger partial charge in [0.05, 0.1) is 0 Å². The van der Waals surface area contributed by atoms with E-state index in [1.54, 1.807) is 0 Å². The maximum absolute atomic E-state index is 13.5. The minimum absolute atomic E-state index is 0.291. The molecule has 0 fully saturated rings. The van der Waals surface area contributed by atoms with Gasteiger partial charge in [0, 0.05) is 0 Å². The Hall–Kier alpha value is -0.0700. The Morgan fingerprint density at radius 1 is 1.00 bits per heavy atom. The van der Waals surface area contributed by atoms with Crippen molar-refractivity contribution >= 4 is 0 Å². The molecular weight excluding hydrogens is 175 g/mol. The van der Waals surface area contributed by atoms with E-state index in [4.69, 9.17) is 0 Å². The summed E-state index contributed by atoms with van der Waals surface area (Å²) in [7, 11) is 0. The van der Waals surface area contributed by atoms with Gasteiger partial charge in [-0.1, -0.05) is 47.0 Å². The van der Waals surface area contributed by atoms with Crippen LogP contribution in [0.15, 0.2) is 0 Å². The van der Waals surface area contributed by atoms with Crippen molar-refractivity contribution in [2.75, 3.05) is 0 Å². The monoisotopic (exact) mass is 202 g/mol. The summed E-state index contributed by atoms with van der Waals surface area (Å²) in [6.45, 7) is 8.58. The second-order valence-corrected chi connectivity index (χ2v) is 4.56. The van der Waals surface area contributed by atoms with Gasteiger partial charge in [-0.2, -0.15) is 0 Å². The van der Waals surface area contributed by atoms with Crippen LogP contribution in [0.5, 0.6) is 0 Å². The Bertz CT molecular complexity index is 125. The lowest BCUT2D eigenvalue weighted by molar-refractivity contribution is 0.137. The zero-order chi connectivity index (χ0) is 11.0. The Morgan fingerprint density at radius 2 is 1.50 bits per heavy atom. The highest BCUT2D eigenvalue weighted by Gasteiger charge is 2.29. The highest BCUT2D eigenvalue weighted by molar-refractivity contribution is 4.80. The molecule has 1 unspecified atom stereocenters. The van der Waals surface area contributed by atoms with Crippen molar-refractivity contribution in [2.24, 2.45) is 5.41 Å². The molecule has 1 atom stereocenters. The van der Waals surface area contributed by atoms with Gasteiger partial charge in [0.25, 0.3) is 0 Å². The Labute approximate surface area is 89.3 Å². The molecule has 0 aliphatic carbocycles. The summed E-state index contributed by atoms with van der Waals surface area (Å²) in [5, 5.41) is 0. The number of alkyl halides is 1. The smallest absolute Gasteiger partial charge is 0.100 e. The van der Waals surface area contributed by atoms with Crippen molar-refractivity contribution in [1.82, 2.24) is 0 Å². The van der Waals surface area contributed by atoms with Gasteiger partial charge in [0.15, 0.2) is 0 Å². The van der Waals surface area contributed by atoms with Crippen LogP contribution in [0.1, 0.15) is 72.6 Å². The standard InChI is InChI=1S/C13H27F/c1-5-9-13(8-4,10-6-2)11-12(14)7-3/h12H,5-11H2,1-4H3. The normalized spacial score (nSPS) is 14.4. The van der Waals surface area contributed by atoms with E-state index < -0.39 is 6.17 Å². The van der Waals surface area contributed by atoms with E-state index in [0.29, 0.717) is 11.8 Å². The van der Waals surface area contributed by atoms with Crippen molar-refractivity contribution in [3.63, 3.8) is 0 Å². The molecule has 0 aromatic rings. The number of hydrogen-bond acceptors (Lipinski definition) is 0. The van der Waals surface area contributed by atoms with E-state index in [1.807, 2.05) is 6.92 Å². The molecule has 0 aliphatic rings. The highest BCUT2D eigenvalue weighted by Crippen LogP contribution is 2.39. The minimum atomic E-state index is -0.590. The summed E-state index contributed by atoms with van der Waals surface area (Å²) >= 11 is 0. The topological polar surface area (TPSA) is 0 Å². The van der Waals surface area contributed by atoms with Crippen LogP contribution in [0.3, 0.4) is 0 Å². The van der Waals surface area contributed by atoms with Gasteiger partial charge in [-0.05, 0) is 31.1 Å². The van der Waals surface area contributed by atoms with Crippen molar-refractivity contribution in [3.05, 3.63) is 0 Å². The van der Waals surface area contributed by atoms with Crippen LogP contribution in [0, 0.1) is 5.41 Å². The van der Waals surface area contributed by atoms with Gasteiger partial charge in [-0.25, -0.2) is 4.39 Å². The second-order valence-electron chi connectivity index (χ2n) is 4.56. The summed E-state index contributed by atoms with van der Waals surface area (Å²) in [5.74, 6) is 0. The number of hydrogen-bond donors (Lipinski definition) is 0. The van der Waals surface area contributed by atoms with Crippen LogP contribution in [0.25, 0.3) is 0 Å². The lowest BCUT2D eigenvalue weighted by atomic mass is 9.73. The first-order chi connectivity index (χ1) is 6.64. The van der Waals surface area contributed by atoms with Crippen LogP contribution in [0.2, 0.25) is 0 Å². The van der Waals surface area contributed by atoms with Crippen LogP contribution in [-0.2, 0) is 0 Å². The molecule has 0 spiro atoms. The van der Waals surface area contributed by atoms with Gasteiger partial charge < -0.3 is 0 Å². The van der Waals surface area contributed by atoms with Gasteiger partial charge in [-0.15, -0.1) is 0 Å². The number of rotatable bonds is 8. The van der Waals surface area contributed by atoms with Crippen LogP contribution in [0.4, 0.5) is 4.39 Å². The fourth-order valence-corrected chi connectivity index (χ4v) is 2.50. The lowest BCUT2D eigenvalue weighted by Crippen LogP contribution is -2.24.